The van der Waals surface area contributed by atoms with E-state index in [9.17, 15) is 13.0 Å². The second-order valence-corrected chi connectivity index (χ2v) is 8.34. The van der Waals surface area contributed by atoms with E-state index >= 15 is 0 Å². The van der Waals surface area contributed by atoms with E-state index in [0.717, 1.165) is 46.9 Å². The minimum absolute atomic E-state index is 0.0634. The minimum atomic E-state index is -4.06. The molecule has 0 aromatic carbocycles. The van der Waals surface area contributed by atoms with E-state index in [4.69, 9.17) is 9.47 Å². The van der Waals surface area contributed by atoms with Crippen LogP contribution in [0.5, 0.6) is 11.5 Å². The Kier molecular flexibility index (Phi) is 5.51. The van der Waals surface area contributed by atoms with Gasteiger partial charge >= 0.3 is 0 Å². The van der Waals surface area contributed by atoms with Gasteiger partial charge in [-0.3, -0.25) is 0 Å². The molecule has 0 fully saturated rings. The number of rotatable bonds is 7. The quantitative estimate of drug-likeness (QED) is 0.566. The zero-order chi connectivity index (χ0) is 15.5. The van der Waals surface area contributed by atoms with Crippen LogP contribution in [-0.2, 0) is 10.1 Å². The van der Waals surface area contributed by atoms with Crippen LogP contribution >= 0.6 is 11.3 Å². The van der Waals surface area contributed by atoms with Crippen LogP contribution in [0.15, 0.2) is 0 Å². The van der Waals surface area contributed by atoms with Crippen molar-refractivity contribution in [3.05, 3.63) is 9.75 Å². The molecule has 21 heavy (non-hydrogen) atoms. The third-order valence-electron chi connectivity index (χ3n) is 3.52. The normalized spacial score (nSPS) is 18.0. The Hall–Kier alpha value is -0.790. The van der Waals surface area contributed by atoms with Crippen LogP contribution < -0.4 is 9.47 Å². The van der Waals surface area contributed by atoms with Crippen LogP contribution in [0, 0.1) is 13.8 Å². The molecule has 1 aromatic rings. The van der Waals surface area contributed by atoms with Crippen LogP contribution in [0.4, 0.5) is 0 Å². The predicted molar refractivity (Wildman–Crippen MR) is 81.4 cm³/mol. The van der Waals surface area contributed by atoms with Crippen molar-refractivity contribution in [1.82, 2.24) is 0 Å². The van der Waals surface area contributed by atoms with Crippen LogP contribution in [0.3, 0.4) is 0 Å². The summed E-state index contributed by atoms with van der Waals surface area (Å²) >= 11 is 1.69. The van der Waals surface area contributed by atoms with E-state index < -0.39 is 10.1 Å². The molecule has 0 N–H and O–H groups in total. The molecule has 0 amide bonds. The third kappa shape index (κ3) is 4.86. The van der Waals surface area contributed by atoms with Crippen molar-refractivity contribution in [2.45, 2.75) is 52.1 Å². The number of aryl methyl sites for hydroxylation is 2. The Morgan fingerprint density at radius 3 is 2.52 bits per heavy atom. The Labute approximate surface area is 130 Å². The van der Waals surface area contributed by atoms with Crippen molar-refractivity contribution in [2.75, 3.05) is 12.4 Å². The zero-order valence-corrected chi connectivity index (χ0v) is 14.0. The summed E-state index contributed by atoms with van der Waals surface area (Å²) in [4.78, 5) is 2.30. The van der Waals surface area contributed by atoms with E-state index in [-0.39, 0.29) is 11.9 Å². The maximum absolute atomic E-state index is 10.5. The summed E-state index contributed by atoms with van der Waals surface area (Å²) in [7, 11) is -4.06. The second-order valence-electron chi connectivity index (χ2n) is 5.39. The molecule has 0 spiro atoms. The van der Waals surface area contributed by atoms with Crippen molar-refractivity contribution < 1.29 is 22.4 Å². The van der Waals surface area contributed by atoms with Gasteiger partial charge in [0.05, 0.1) is 10.1 Å². The fraction of sp³-hybridized carbons (Fsp3) is 0.714. The number of ether oxygens (including phenoxy) is 2. The van der Waals surface area contributed by atoms with Crippen molar-refractivity contribution in [3.63, 3.8) is 0 Å². The van der Waals surface area contributed by atoms with E-state index in [1.54, 1.807) is 11.3 Å². The third-order valence-corrected chi connectivity index (χ3v) is 5.29. The van der Waals surface area contributed by atoms with Gasteiger partial charge in [0.25, 0.3) is 0 Å². The molecule has 1 aliphatic rings. The van der Waals surface area contributed by atoms with Gasteiger partial charge < -0.3 is 14.0 Å². The number of hydrogen-bond acceptors (Lipinski definition) is 6. The lowest BCUT2D eigenvalue weighted by Crippen LogP contribution is -2.28. The van der Waals surface area contributed by atoms with Crippen molar-refractivity contribution in [2.24, 2.45) is 0 Å². The molecule has 7 heteroatoms. The Morgan fingerprint density at radius 2 is 1.81 bits per heavy atom. The number of hydrogen-bond donors (Lipinski definition) is 0. The predicted octanol–water partition coefficient (Wildman–Crippen LogP) is 3.00. The number of fused-ring (bicyclic) bond motifs is 1. The van der Waals surface area contributed by atoms with Gasteiger partial charge in [-0.2, -0.15) is 0 Å². The average Bonchev–Trinajstić information content (AvgIpc) is 2.68. The molecule has 0 aliphatic carbocycles. The summed E-state index contributed by atoms with van der Waals surface area (Å²) in [6.45, 7) is 4.63. The number of unbranched alkanes of at least 4 members (excludes halogenated alkanes) is 3. The van der Waals surface area contributed by atoms with E-state index in [0.29, 0.717) is 13.0 Å². The van der Waals surface area contributed by atoms with Crippen LogP contribution in [0.2, 0.25) is 0 Å². The maximum atomic E-state index is 10.5. The molecule has 1 unspecified atom stereocenters. The van der Waals surface area contributed by atoms with Gasteiger partial charge in [-0.05, 0) is 33.1 Å². The molecule has 1 aliphatic heterocycles. The molecular weight excluding hydrogens is 312 g/mol. The highest BCUT2D eigenvalue weighted by Gasteiger charge is 2.25. The summed E-state index contributed by atoms with van der Waals surface area (Å²) in [5.41, 5.74) is 0. The molecule has 0 saturated carbocycles. The van der Waals surface area contributed by atoms with Crippen molar-refractivity contribution in [3.8, 4) is 11.5 Å². The summed E-state index contributed by atoms with van der Waals surface area (Å²) in [6, 6.07) is 0. The highest BCUT2D eigenvalue weighted by molar-refractivity contribution is 7.85. The first-order valence-electron chi connectivity index (χ1n) is 7.20. The minimum Gasteiger partial charge on any atom is -0.748 e. The molecule has 0 bridgehead atoms. The van der Waals surface area contributed by atoms with Gasteiger partial charge in [0.15, 0.2) is 11.5 Å². The second kappa shape index (κ2) is 6.98. The van der Waals surface area contributed by atoms with E-state index in [1.807, 2.05) is 13.8 Å². The maximum Gasteiger partial charge on any atom is 0.175 e. The lowest BCUT2D eigenvalue weighted by atomic mass is 10.1. The fourth-order valence-corrected chi connectivity index (χ4v) is 3.96. The fourth-order valence-electron chi connectivity index (χ4n) is 2.47. The SMILES string of the molecule is Cc1sc(C)c2c1OCC(CCCCCCS(=O)(=O)[O-])O2. The molecule has 0 saturated heterocycles. The molecule has 1 atom stereocenters. The molecule has 2 rings (SSSR count). The van der Waals surface area contributed by atoms with Crippen LogP contribution in [0.25, 0.3) is 0 Å². The molecule has 0 radical (unpaired) electrons. The lowest BCUT2D eigenvalue weighted by molar-refractivity contribution is 0.0829. The lowest BCUT2D eigenvalue weighted by Gasteiger charge is -2.25. The van der Waals surface area contributed by atoms with Gasteiger partial charge in [-0.15, -0.1) is 11.3 Å². The molecule has 5 nitrogen and oxygen atoms in total. The molecular formula is C14H21O5S2-. The topological polar surface area (TPSA) is 75.7 Å². The summed E-state index contributed by atoms with van der Waals surface area (Å²) in [6.07, 6.45) is 4.01. The van der Waals surface area contributed by atoms with Gasteiger partial charge in [-0.1, -0.05) is 12.8 Å². The van der Waals surface area contributed by atoms with Gasteiger partial charge in [0, 0.05) is 15.5 Å². The first-order valence-corrected chi connectivity index (χ1v) is 9.59. The van der Waals surface area contributed by atoms with E-state index in [2.05, 4.69) is 0 Å². The van der Waals surface area contributed by atoms with Gasteiger partial charge in [0.1, 0.15) is 12.7 Å². The smallest absolute Gasteiger partial charge is 0.175 e. The number of thiophene rings is 1. The first kappa shape index (κ1) is 16.6. The largest absolute Gasteiger partial charge is 0.748 e. The highest BCUT2D eigenvalue weighted by Crippen LogP contribution is 2.44. The Morgan fingerprint density at radius 1 is 1.14 bits per heavy atom. The monoisotopic (exact) mass is 333 g/mol. The van der Waals surface area contributed by atoms with Gasteiger partial charge in [0.2, 0.25) is 0 Å². The zero-order valence-electron chi connectivity index (χ0n) is 12.4. The molecule has 2 heterocycles. The molecule has 120 valence electrons. The summed E-state index contributed by atoms with van der Waals surface area (Å²) in [5.74, 6) is 1.51. The summed E-state index contributed by atoms with van der Waals surface area (Å²) < 4.78 is 43.2. The first-order chi connectivity index (χ1) is 9.87. The average molecular weight is 333 g/mol. The van der Waals surface area contributed by atoms with Crippen LogP contribution in [-0.4, -0.2) is 31.4 Å². The van der Waals surface area contributed by atoms with Gasteiger partial charge in [-0.25, -0.2) is 8.42 Å². The van der Waals surface area contributed by atoms with E-state index in [1.165, 1.54) is 0 Å². The Balaban J connectivity index is 1.68. The standard InChI is InChI=1S/C14H22O5S2/c1-10-13-14(11(2)20-10)19-12(9-18-13)7-5-3-4-6-8-21(15,16)17/h12H,3-9H2,1-2H3,(H,15,16,17)/p-1. The van der Waals surface area contributed by atoms with Crippen molar-refractivity contribution >= 4 is 21.5 Å². The summed E-state index contributed by atoms with van der Waals surface area (Å²) in [5, 5.41) is 0. The van der Waals surface area contributed by atoms with Crippen molar-refractivity contribution in [1.29, 1.82) is 0 Å². The van der Waals surface area contributed by atoms with Crippen LogP contribution in [0.1, 0.15) is 41.9 Å². The Bertz CT molecular complexity index is 576. The highest BCUT2D eigenvalue weighted by atomic mass is 32.2. The molecule has 1 aromatic heterocycles.